The lowest BCUT2D eigenvalue weighted by Crippen LogP contribution is -2.31. The van der Waals surface area contributed by atoms with Gasteiger partial charge in [-0.25, -0.2) is 4.98 Å². The summed E-state index contributed by atoms with van der Waals surface area (Å²) in [5.74, 6) is 4.23. The Balaban J connectivity index is 1.91. The number of rotatable bonds is 7. The summed E-state index contributed by atoms with van der Waals surface area (Å²) in [6.45, 7) is 7.27. The van der Waals surface area contributed by atoms with Crippen LogP contribution in [0.25, 0.3) is 0 Å². The summed E-state index contributed by atoms with van der Waals surface area (Å²) in [6, 6.07) is -0.00887. The minimum absolute atomic E-state index is 0.00887. The molecule has 0 aromatic carbocycles. The second kappa shape index (κ2) is 7.74. The van der Waals surface area contributed by atoms with Gasteiger partial charge in [-0.15, -0.1) is 0 Å². The van der Waals surface area contributed by atoms with E-state index in [9.17, 15) is 0 Å². The quantitative estimate of drug-likeness (QED) is 0.810. The van der Waals surface area contributed by atoms with E-state index in [4.69, 9.17) is 4.42 Å². The molecule has 0 aliphatic carbocycles. The lowest BCUT2D eigenvalue weighted by molar-refractivity contribution is 0.421. The average molecular weight is 295 g/mol. The van der Waals surface area contributed by atoms with Gasteiger partial charge in [0.2, 0.25) is 0 Å². The summed E-state index contributed by atoms with van der Waals surface area (Å²) in [6.07, 6.45) is 5.00. The SMILES string of the molecule is C=C(NCC1CCSCC1)C(NC)c1ocnc1CC. The maximum absolute atomic E-state index is 5.54. The Morgan fingerprint density at radius 3 is 2.95 bits per heavy atom. The van der Waals surface area contributed by atoms with Gasteiger partial charge in [0.25, 0.3) is 0 Å². The summed E-state index contributed by atoms with van der Waals surface area (Å²) in [5, 5.41) is 6.76. The van der Waals surface area contributed by atoms with Gasteiger partial charge in [0.1, 0.15) is 11.8 Å². The Hall–Kier alpha value is -0.940. The Morgan fingerprint density at radius 2 is 2.30 bits per heavy atom. The van der Waals surface area contributed by atoms with Crippen molar-refractivity contribution in [2.24, 2.45) is 5.92 Å². The summed E-state index contributed by atoms with van der Waals surface area (Å²) in [4.78, 5) is 4.26. The third-order valence-electron chi connectivity index (χ3n) is 3.87. The maximum Gasteiger partial charge on any atom is 0.181 e. The first-order chi connectivity index (χ1) is 9.76. The van der Waals surface area contributed by atoms with E-state index in [1.807, 2.05) is 7.05 Å². The molecule has 0 amide bonds. The topological polar surface area (TPSA) is 50.1 Å². The maximum atomic E-state index is 5.54. The zero-order chi connectivity index (χ0) is 14.4. The van der Waals surface area contributed by atoms with Crippen molar-refractivity contribution in [2.75, 3.05) is 25.1 Å². The zero-order valence-electron chi connectivity index (χ0n) is 12.4. The van der Waals surface area contributed by atoms with E-state index in [2.05, 4.69) is 40.9 Å². The van der Waals surface area contributed by atoms with Crippen molar-refractivity contribution in [3.8, 4) is 0 Å². The highest BCUT2D eigenvalue weighted by molar-refractivity contribution is 7.99. The van der Waals surface area contributed by atoms with Gasteiger partial charge in [-0.05, 0) is 43.7 Å². The fourth-order valence-corrected chi connectivity index (χ4v) is 3.77. The summed E-state index contributed by atoms with van der Waals surface area (Å²) in [5.41, 5.74) is 1.97. The van der Waals surface area contributed by atoms with Crippen molar-refractivity contribution in [3.63, 3.8) is 0 Å². The first-order valence-electron chi connectivity index (χ1n) is 7.36. The van der Waals surface area contributed by atoms with E-state index in [-0.39, 0.29) is 6.04 Å². The molecular formula is C15H25N3OS. The van der Waals surface area contributed by atoms with Gasteiger partial charge in [-0.2, -0.15) is 11.8 Å². The van der Waals surface area contributed by atoms with Crippen molar-refractivity contribution in [1.29, 1.82) is 0 Å². The molecule has 1 aliphatic rings. The number of hydrogen-bond donors (Lipinski definition) is 2. The zero-order valence-corrected chi connectivity index (χ0v) is 13.3. The number of oxazole rings is 1. The predicted octanol–water partition coefficient (Wildman–Crippen LogP) is 2.74. The number of aromatic nitrogens is 1. The van der Waals surface area contributed by atoms with Gasteiger partial charge < -0.3 is 15.1 Å². The number of aryl methyl sites for hydroxylation is 1. The van der Waals surface area contributed by atoms with Crippen molar-refractivity contribution in [2.45, 2.75) is 32.2 Å². The molecule has 1 atom stereocenters. The van der Waals surface area contributed by atoms with Crippen LogP contribution in [-0.4, -0.2) is 30.1 Å². The molecule has 112 valence electrons. The van der Waals surface area contributed by atoms with Gasteiger partial charge in [0.15, 0.2) is 6.39 Å². The Morgan fingerprint density at radius 1 is 1.55 bits per heavy atom. The highest BCUT2D eigenvalue weighted by Gasteiger charge is 2.21. The molecule has 2 N–H and O–H groups in total. The van der Waals surface area contributed by atoms with Crippen LogP contribution in [0.4, 0.5) is 0 Å². The van der Waals surface area contributed by atoms with Gasteiger partial charge in [0, 0.05) is 12.2 Å². The highest BCUT2D eigenvalue weighted by atomic mass is 32.2. The molecule has 0 bridgehead atoms. The monoisotopic (exact) mass is 295 g/mol. The minimum atomic E-state index is -0.00887. The molecule has 0 radical (unpaired) electrons. The molecular weight excluding hydrogens is 270 g/mol. The number of hydrogen-bond acceptors (Lipinski definition) is 5. The van der Waals surface area contributed by atoms with Gasteiger partial charge in [-0.3, -0.25) is 0 Å². The molecule has 1 fully saturated rings. The average Bonchev–Trinajstić information content (AvgIpc) is 2.95. The number of likely N-dealkylation sites (N-methyl/N-ethyl adjacent to an activating group) is 1. The van der Waals surface area contributed by atoms with Crippen LogP contribution in [0.3, 0.4) is 0 Å². The molecule has 2 rings (SSSR count). The summed E-state index contributed by atoms with van der Waals surface area (Å²) >= 11 is 2.06. The van der Waals surface area contributed by atoms with Crippen LogP contribution in [0.5, 0.6) is 0 Å². The van der Waals surface area contributed by atoms with Crippen LogP contribution in [-0.2, 0) is 6.42 Å². The molecule has 5 heteroatoms. The molecule has 1 aromatic heterocycles. The van der Waals surface area contributed by atoms with Crippen LogP contribution < -0.4 is 10.6 Å². The fraction of sp³-hybridized carbons (Fsp3) is 0.667. The van der Waals surface area contributed by atoms with Gasteiger partial charge in [-0.1, -0.05) is 13.5 Å². The molecule has 1 saturated heterocycles. The van der Waals surface area contributed by atoms with Crippen LogP contribution in [0.1, 0.15) is 37.3 Å². The Bertz CT molecular complexity index is 427. The van der Waals surface area contributed by atoms with Gasteiger partial charge >= 0.3 is 0 Å². The van der Waals surface area contributed by atoms with E-state index in [1.54, 1.807) is 0 Å². The first kappa shape index (κ1) is 15.4. The Labute approximate surface area is 125 Å². The Kier molecular flexibility index (Phi) is 5.98. The van der Waals surface area contributed by atoms with Crippen LogP contribution in [0.15, 0.2) is 23.1 Å². The number of nitrogens with zero attached hydrogens (tertiary/aromatic N) is 1. The fourth-order valence-electron chi connectivity index (χ4n) is 2.57. The second-order valence-corrected chi connectivity index (χ2v) is 6.43. The third kappa shape index (κ3) is 3.79. The van der Waals surface area contributed by atoms with Crippen molar-refractivity contribution < 1.29 is 4.42 Å². The highest BCUT2D eigenvalue weighted by Crippen LogP contribution is 2.25. The molecule has 1 unspecified atom stereocenters. The van der Waals surface area contributed by atoms with E-state index in [1.165, 1.54) is 30.7 Å². The smallest absolute Gasteiger partial charge is 0.181 e. The molecule has 20 heavy (non-hydrogen) atoms. The lowest BCUT2D eigenvalue weighted by atomic mass is 10.0. The van der Waals surface area contributed by atoms with Crippen molar-refractivity contribution in [3.05, 3.63) is 30.1 Å². The standard InChI is InChI=1S/C15H25N3OS/c1-4-13-15(19-10-18-13)14(16-3)11(2)17-9-12-5-7-20-8-6-12/h10,12,14,16-17H,2,4-9H2,1,3H3. The van der Waals surface area contributed by atoms with Crippen LogP contribution >= 0.6 is 11.8 Å². The largest absolute Gasteiger partial charge is 0.446 e. The van der Waals surface area contributed by atoms with Crippen LogP contribution in [0.2, 0.25) is 0 Å². The third-order valence-corrected chi connectivity index (χ3v) is 4.91. The lowest BCUT2D eigenvalue weighted by Gasteiger charge is -2.25. The van der Waals surface area contributed by atoms with Crippen molar-refractivity contribution in [1.82, 2.24) is 15.6 Å². The number of nitrogens with one attached hydrogen (secondary N) is 2. The normalized spacial score (nSPS) is 17.9. The molecule has 1 aromatic rings. The number of thioether (sulfide) groups is 1. The summed E-state index contributed by atoms with van der Waals surface area (Å²) in [7, 11) is 1.93. The van der Waals surface area contributed by atoms with E-state index < -0.39 is 0 Å². The molecule has 0 spiro atoms. The summed E-state index contributed by atoms with van der Waals surface area (Å²) < 4.78 is 5.54. The molecule has 2 heterocycles. The van der Waals surface area contributed by atoms with Crippen LogP contribution in [0, 0.1) is 5.92 Å². The second-order valence-electron chi connectivity index (χ2n) is 5.20. The van der Waals surface area contributed by atoms with Crippen molar-refractivity contribution >= 4 is 11.8 Å². The molecule has 1 aliphatic heterocycles. The van der Waals surface area contributed by atoms with E-state index in [0.29, 0.717) is 0 Å². The molecule has 4 nitrogen and oxygen atoms in total. The van der Waals surface area contributed by atoms with E-state index in [0.717, 1.165) is 36.0 Å². The first-order valence-corrected chi connectivity index (χ1v) is 8.51. The minimum Gasteiger partial charge on any atom is -0.446 e. The molecule has 0 saturated carbocycles. The van der Waals surface area contributed by atoms with E-state index >= 15 is 0 Å². The predicted molar refractivity (Wildman–Crippen MR) is 84.9 cm³/mol. The van der Waals surface area contributed by atoms with Gasteiger partial charge in [0.05, 0.1) is 5.69 Å².